The van der Waals surface area contributed by atoms with E-state index >= 15 is 0 Å². The number of nitro groups is 1. The fourth-order valence-electron chi connectivity index (χ4n) is 1.50. The summed E-state index contributed by atoms with van der Waals surface area (Å²) in [5, 5.41) is 13.9. The number of pyridine rings is 1. The molecular weight excluding hydrogens is 298 g/mol. The van der Waals surface area contributed by atoms with Crippen LogP contribution in [0, 0.1) is 17.0 Å². The Morgan fingerprint density at radius 1 is 1.33 bits per heavy atom. The van der Waals surface area contributed by atoms with Gasteiger partial charge >= 0.3 is 5.82 Å². The standard InChI is InChI=1S/C12H10BrN3O2/c1-8-5-6-11(12(14-8)16(17)18)15-10-4-2-3-9(13)7-10/h2-7,15H,1H3. The van der Waals surface area contributed by atoms with Gasteiger partial charge in [0.2, 0.25) is 0 Å². The van der Waals surface area contributed by atoms with Gasteiger partial charge in [0.15, 0.2) is 0 Å². The highest BCUT2D eigenvalue weighted by Crippen LogP contribution is 2.26. The number of nitrogens with zero attached hydrogens (tertiary/aromatic N) is 2. The summed E-state index contributed by atoms with van der Waals surface area (Å²) in [6.45, 7) is 1.72. The van der Waals surface area contributed by atoms with E-state index in [1.54, 1.807) is 19.1 Å². The van der Waals surface area contributed by atoms with Gasteiger partial charge in [0.1, 0.15) is 11.4 Å². The highest BCUT2D eigenvalue weighted by atomic mass is 79.9. The van der Waals surface area contributed by atoms with Gasteiger partial charge < -0.3 is 15.4 Å². The SMILES string of the molecule is Cc1ccc(Nc2cccc(Br)c2)c([N+](=O)[O-])n1. The molecule has 92 valence electrons. The molecule has 0 atom stereocenters. The lowest BCUT2D eigenvalue weighted by molar-refractivity contribution is -0.388. The van der Waals surface area contributed by atoms with Crippen LogP contribution in [0.5, 0.6) is 0 Å². The summed E-state index contributed by atoms with van der Waals surface area (Å²) in [5.74, 6) is -0.171. The van der Waals surface area contributed by atoms with E-state index in [2.05, 4.69) is 26.2 Å². The zero-order valence-corrected chi connectivity index (χ0v) is 11.1. The molecule has 0 amide bonds. The maximum absolute atomic E-state index is 10.9. The molecule has 2 rings (SSSR count). The Hall–Kier alpha value is -1.95. The van der Waals surface area contributed by atoms with E-state index in [0.29, 0.717) is 11.4 Å². The zero-order valence-electron chi connectivity index (χ0n) is 9.55. The first kappa shape index (κ1) is 12.5. The van der Waals surface area contributed by atoms with Crippen LogP contribution in [0.2, 0.25) is 0 Å². The van der Waals surface area contributed by atoms with Crippen molar-refractivity contribution < 1.29 is 4.92 Å². The monoisotopic (exact) mass is 307 g/mol. The summed E-state index contributed by atoms with van der Waals surface area (Å²) in [4.78, 5) is 14.4. The van der Waals surface area contributed by atoms with Crippen molar-refractivity contribution in [3.05, 3.63) is 56.7 Å². The molecule has 0 aliphatic heterocycles. The van der Waals surface area contributed by atoms with E-state index in [1.165, 1.54) is 0 Å². The molecule has 0 fully saturated rings. The first-order valence-corrected chi connectivity index (χ1v) is 6.00. The minimum Gasteiger partial charge on any atom is -0.358 e. The number of anilines is 2. The van der Waals surface area contributed by atoms with Crippen molar-refractivity contribution in [1.82, 2.24) is 4.98 Å². The predicted octanol–water partition coefficient (Wildman–Crippen LogP) is 3.80. The summed E-state index contributed by atoms with van der Waals surface area (Å²) in [6.07, 6.45) is 0. The maximum atomic E-state index is 10.9. The molecule has 18 heavy (non-hydrogen) atoms. The average molecular weight is 308 g/mol. The van der Waals surface area contributed by atoms with Crippen LogP contribution in [0.1, 0.15) is 5.69 Å². The number of halogens is 1. The summed E-state index contributed by atoms with van der Waals surface area (Å²) >= 11 is 3.35. The number of aromatic nitrogens is 1. The van der Waals surface area contributed by atoms with Gasteiger partial charge in [-0.3, -0.25) is 0 Å². The minimum absolute atomic E-state index is 0.171. The lowest BCUT2D eigenvalue weighted by atomic mass is 10.3. The fourth-order valence-corrected chi connectivity index (χ4v) is 1.90. The Bertz CT molecular complexity index is 602. The molecule has 0 saturated carbocycles. The van der Waals surface area contributed by atoms with Crippen molar-refractivity contribution in [3.63, 3.8) is 0 Å². The van der Waals surface area contributed by atoms with Gasteiger partial charge in [-0.1, -0.05) is 22.0 Å². The molecule has 1 aromatic carbocycles. The van der Waals surface area contributed by atoms with Gasteiger partial charge in [-0.25, -0.2) is 0 Å². The normalized spacial score (nSPS) is 10.1. The molecule has 0 unspecified atom stereocenters. The van der Waals surface area contributed by atoms with E-state index in [1.807, 2.05) is 24.3 Å². The molecule has 5 nitrogen and oxygen atoms in total. The van der Waals surface area contributed by atoms with E-state index in [4.69, 9.17) is 0 Å². The largest absolute Gasteiger partial charge is 0.387 e. The highest BCUT2D eigenvalue weighted by molar-refractivity contribution is 9.10. The topological polar surface area (TPSA) is 68.1 Å². The molecule has 0 spiro atoms. The Morgan fingerprint density at radius 3 is 2.78 bits per heavy atom. The van der Waals surface area contributed by atoms with Crippen LogP contribution >= 0.6 is 15.9 Å². The third-order valence-electron chi connectivity index (χ3n) is 2.29. The van der Waals surface area contributed by atoms with Gasteiger partial charge in [0, 0.05) is 17.1 Å². The molecule has 2 aromatic rings. The minimum atomic E-state index is -0.493. The second kappa shape index (κ2) is 5.14. The molecule has 0 bridgehead atoms. The Kier molecular flexibility index (Phi) is 3.57. The molecule has 1 N–H and O–H groups in total. The van der Waals surface area contributed by atoms with Crippen LogP contribution in [0.25, 0.3) is 0 Å². The first-order valence-electron chi connectivity index (χ1n) is 5.21. The smallest absolute Gasteiger partial charge is 0.358 e. The van der Waals surface area contributed by atoms with Crippen molar-refractivity contribution >= 4 is 33.1 Å². The Balaban J connectivity index is 2.37. The zero-order chi connectivity index (χ0) is 13.1. The quantitative estimate of drug-likeness (QED) is 0.691. The van der Waals surface area contributed by atoms with E-state index in [-0.39, 0.29) is 5.82 Å². The van der Waals surface area contributed by atoms with E-state index in [0.717, 1.165) is 10.2 Å². The second-order valence-electron chi connectivity index (χ2n) is 3.72. The molecule has 0 aliphatic carbocycles. The fraction of sp³-hybridized carbons (Fsp3) is 0.0833. The number of hydrogen-bond acceptors (Lipinski definition) is 4. The number of rotatable bonds is 3. The van der Waals surface area contributed by atoms with Gasteiger partial charge in [-0.05, 0) is 40.2 Å². The van der Waals surface area contributed by atoms with Crippen LogP contribution < -0.4 is 5.32 Å². The summed E-state index contributed by atoms with van der Waals surface area (Å²) in [7, 11) is 0. The number of hydrogen-bond donors (Lipinski definition) is 1. The van der Waals surface area contributed by atoms with Gasteiger partial charge in [-0.2, -0.15) is 0 Å². The van der Waals surface area contributed by atoms with Crippen molar-refractivity contribution in [2.24, 2.45) is 0 Å². The van der Waals surface area contributed by atoms with Crippen LogP contribution in [0.15, 0.2) is 40.9 Å². The molecular formula is C12H10BrN3O2. The number of nitrogens with one attached hydrogen (secondary N) is 1. The maximum Gasteiger partial charge on any atom is 0.387 e. The van der Waals surface area contributed by atoms with Gasteiger partial charge in [-0.15, -0.1) is 0 Å². The molecule has 1 aromatic heterocycles. The molecule has 0 saturated heterocycles. The van der Waals surface area contributed by atoms with Crippen molar-refractivity contribution in [3.8, 4) is 0 Å². The van der Waals surface area contributed by atoms with Crippen LogP contribution in [-0.2, 0) is 0 Å². The Morgan fingerprint density at radius 2 is 2.11 bits per heavy atom. The van der Waals surface area contributed by atoms with E-state index in [9.17, 15) is 10.1 Å². The summed E-state index contributed by atoms with van der Waals surface area (Å²) < 4.78 is 0.898. The van der Waals surface area contributed by atoms with Crippen LogP contribution in [0.3, 0.4) is 0 Å². The lowest BCUT2D eigenvalue weighted by Crippen LogP contribution is -2.00. The molecule has 6 heteroatoms. The number of aryl methyl sites for hydroxylation is 1. The average Bonchev–Trinajstić information content (AvgIpc) is 2.31. The summed E-state index contributed by atoms with van der Waals surface area (Å²) in [5.41, 5.74) is 1.75. The van der Waals surface area contributed by atoms with Crippen molar-refractivity contribution in [2.45, 2.75) is 6.92 Å². The lowest BCUT2D eigenvalue weighted by Gasteiger charge is -2.07. The first-order chi connectivity index (χ1) is 8.56. The van der Waals surface area contributed by atoms with Crippen LogP contribution in [0.4, 0.5) is 17.2 Å². The summed E-state index contributed by atoms with van der Waals surface area (Å²) in [6, 6.07) is 10.8. The van der Waals surface area contributed by atoms with Crippen molar-refractivity contribution in [2.75, 3.05) is 5.32 Å². The Labute approximate surface area is 112 Å². The molecule has 0 radical (unpaired) electrons. The van der Waals surface area contributed by atoms with Crippen molar-refractivity contribution in [1.29, 1.82) is 0 Å². The molecule has 1 heterocycles. The van der Waals surface area contributed by atoms with Gasteiger partial charge in [0.25, 0.3) is 0 Å². The second-order valence-corrected chi connectivity index (χ2v) is 4.63. The van der Waals surface area contributed by atoms with E-state index < -0.39 is 4.92 Å². The molecule has 0 aliphatic rings. The van der Waals surface area contributed by atoms with Crippen LogP contribution in [-0.4, -0.2) is 9.91 Å². The highest BCUT2D eigenvalue weighted by Gasteiger charge is 2.16. The number of benzene rings is 1. The third kappa shape index (κ3) is 2.84. The third-order valence-corrected chi connectivity index (χ3v) is 2.78. The van der Waals surface area contributed by atoms with Gasteiger partial charge in [0.05, 0.1) is 0 Å². The predicted molar refractivity (Wildman–Crippen MR) is 73.1 cm³/mol.